The lowest BCUT2D eigenvalue weighted by Crippen LogP contribution is -2.12. The second-order valence-corrected chi connectivity index (χ2v) is 6.77. The van der Waals surface area contributed by atoms with Crippen molar-refractivity contribution in [3.8, 4) is 0 Å². The number of Topliss-reactive ketones (excluding diaryl/α,β-unsaturated/α-hetero) is 1. The summed E-state index contributed by atoms with van der Waals surface area (Å²) in [6, 6.07) is 15.5. The molecular weight excluding hydrogens is 374 g/mol. The van der Waals surface area contributed by atoms with Gasteiger partial charge >= 0.3 is 5.97 Å². The predicted octanol–water partition coefficient (Wildman–Crippen LogP) is 4.36. The number of thioether (sulfide) groups is 1. The molecule has 0 amide bonds. The number of ether oxygens (including phenoxy) is 1. The molecule has 0 radical (unpaired) electrons. The molecule has 1 N–H and O–H groups in total. The minimum Gasteiger partial charge on any atom is -0.508 e. The van der Waals surface area contributed by atoms with Crippen LogP contribution >= 0.6 is 23.4 Å². The standard InChI is InChI=1S/C19H14ClNO4S/c20-13-8-6-12(7-9-13)16(23)11-26-18(17-15(22)10-25-19(17)24)21-14-4-2-1-3-5-14/h1-9,22H,10-11H2. The van der Waals surface area contributed by atoms with E-state index in [1.807, 2.05) is 6.07 Å². The van der Waals surface area contributed by atoms with E-state index in [0.29, 0.717) is 16.3 Å². The van der Waals surface area contributed by atoms with Gasteiger partial charge in [-0.05, 0) is 36.4 Å². The summed E-state index contributed by atoms with van der Waals surface area (Å²) in [5.41, 5.74) is 1.12. The second-order valence-electron chi connectivity index (χ2n) is 5.37. The van der Waals surface area contributed by atoms with Crippen molar-refractivity contribution in [2.45, 2.75) is 0 Å². The number of carbonyl (C=O) groups excluding carboxylic acids is 2. The molecule has 5 nitrogen and oxygen atoms in total. The van der Waals surface area contributed by atoms with Crippen LogP contribution in [0.5, 0.6) is 0 Å². The zero-order valence-corrected chi connectivity index (χ0v) is 15.1. The van der Waals surface area contributed by atoms with Crippen LogP contribution in [0.25, 0.3) is 0 Å². The highest BCUT2D eigenvalue weighted by molar-refractivity contribution is 8.15. The van der Waals surface area contributed by atoms with Gasteiger partial charge in [-0.2, -0.15) is 0 Å². The number of halogens is 1. The van der Waals surface area contributed by atoms with Crippen LogP contribution in [0.1, 0.15) is 10.4 Å². The number of nitrogens with zero attached hydrogens (tertiary/aromatic N) is 1. The number of aliphatic hydroxyl groups is 1. The van der Waals surface area contributed by atoms with E-state index in [-0.39, 0.29) is 34.5 Å². The Balaban J connectivity index is 1.84. The van der Waals surface area contributed by atoms with E-state index in [1.165, 1.54) is 0 Å². The number of benzene rings is 2. The number of hydrogen-bond donors (Lipinski definition) is 1. The van der Waals surface area contributed by atoms with Gasteiger partial charge in [-0.3, -0.25) is 4.79 Å². The number of aliphatic hydroxyl groups excluding tert-OH is 1. The Morgan fingerprint density at radius 2 is 1.85 bits per heavy atom. The van der Waals surface area contributed by atoms with Crippen molar-refractivity contribution in [2.24, 2.45) is 4.99 Å². The molecule has 0 atom stereocenters. The maximum atomic E-state index is 12.4. The molecular formula is C19H14ClNO4S. The Kier molecular flexibility index (Phi) is 5.75. The lowest BCUT2D eigenvalue weighted by molar-refractivity contribution is -0.135. The van der Waals surface area contributed by atoms with E-state index < -0.39 is 5.97 Å². The summed E-state index contributed by atoms with van der Waals surface area (Å²) in [4.78, 5) is 28.7. The first kappa shape index (κ1) is 18.2. The number of cyclic esters (lactones) is 1. The Morgan fingerprint density at radius 3 is 2.46 bits per heavy atom. The zero-order valence-electron chi connectivity index (χ0n) is 13.5. The predicted molar refractivity (Wildman–Crippen MR) is 102 cm³/mol. The first-order chi connectivity index (χ1) is 12.5. The smallest absolute Gasteiger partial charge is 0.344 e. The Labute approximate surface area is 159 Å². The van der Waals surface area contributed by atoms with E-state index in [0.717, 1.165) is 11.8 Å². The van der Waals surface area contributed by atoms with Crippen LogP contribution in [0.15, 0.2) is 70.9 Å². The van der Waals surface area contributed by atoms with Gasteiger partial charge in [0.25, 0.3) is 0 Å². The Bertz CT molecular complexity index is 892. The quantitative estimate of drug-likeness (QED) is 0.357. The summed E-state index contributed by atoms with van der Waals surface area (Å²) in [6.45, 7) is -0.187. The summed E-state index contributed by atoms with van der Waals surface area (Å²) >= 11 is 6.91. The molecule has 2 aromatic carbocycles. The molecule has 0 aromatic heterocycles. The van der Waals surface area contributed by atoms with Crippen LogP contribution in [-0.2, 0) is 9.53 Å². The Morgan fingerprint density at radius 1 is 1.15 bits per heavy atom. The SMILES string of the molecule is O=C1OCC(O)=C1C(=Nc1ccccc1)SCC(=O)c1ccc(Cl)cc1. The van der Waals surface area contributed by atoms with E-state index in [1.54, 1.807) is 48.5 Å². The van der Waals surface area contributed by atoms with Crippen LogP contribution in [0.3, 0.4) is 0 Å². The maximum absolute atomic E-state index is 12.4. The molecule has 0 spiro atoms. The molecule has 0 unspecified atom stereocenters. The summed E-state index contributed by atoms with van der Waals surface area (Å²) in [7, 11) is 0. The van der Waals surface area contributed by atoms with E-state index in [9.17, 15) is 14.7 Å². The first-order valence-corrected chi connectivity index (χ1v) is 9.06. The molecule has 26 heavy (non-hydrogen) atoms. The topological polar surface area (TPSA) is 76.0 Å². The molecule has 2 aromatic rings. The zero-order chi connectivity index (χ0) is 18.5. The Hall–Kier alpha value is -2.57. The number of esters is 1. The van der Waals surface area contributed by atoms with Crippen molar-refractivity contribution in [2.75, 3.05) is 12.4 Å². The van der Waals surface area contributed by atoms with Gasteiger partial charge in [-0.1, -0.05) is 41.6 Å². The second kappa shape index (κ2) is 8.21. The van der Waals surface area contributed by atoms with Gasteiger partial charge in [-0.25, -0.2) is 9.79 Å². The highest BCUT2D eigenvalue weighted by Crippen LogP contribution is 2.26. The van der Waals surface area contributed by atoms with Gasteiger partial charge < -0.3 is 9.84 Å². The molecule has 1 aliphatic rings. The van der Waals surface area contributed by atoms with Crippen molar-refractivity contribution in [1.82, 2.24) is 0 Å². The number of ketones is 1. The van der Waals surface area contributed by atoms with E-state index >= 15 is 0 Å². The first-order valence-electron chi connectivity index (χ1n) is 7.69. The molecule has 132 valence electrons. The van der Waals surface area contributed by atoms with Crippen LogP contribution in [0, 0.1) is 0 Å². The lowest BCUT2D eigenvalue weighted by atomic mass is 10.1. The monoisotopic (exact) mass is 387 g/mol. The van der Waals surface area contributed by atoms with Crippen LogP contribution in [0.4, 0.5) is 5.69 Å². The van der Waals surface area contributed by atoms with Gasteiger partial charge in [0.15, 0.2) is 5.78 Å². The van der Waals surface area contributed by atoms with Gasteiger partial charge in [0.1, 0.15) is 23.0 Å². The minimum absolute atomic E-state index is 0.00255. The molecule has 0 aliphatic carbocycles. The van der Waals surface area contributed by atoms with Crippen LogP contribution in [-0.4, -0.2) is 34.3 Å². The lowest BCUT2D eigenvalue weighted by Gasteiger charge is -2.06. The van der Waals surface area contributed by atoms with Crippen molar-refractivity contribution >= 4 is 45.8 Å². The molecule has 3 rings (SSSR count). The van der Waals surface area contributed by atoms with Gasteiger partial charge in [0, 0.05) is 10.6 Å². The number of aliphatic imine (C=N–C) groups is 1. The number of carbonyl (C=O) groups is 2. The minimum atomic E-state index is -0.649. The summed E-state index contributed by atoms with van der Waals surface area (Å²) in [5, 5.41) is 10.8. The fraction of sp³-hybridized carbons (Fsp3) is 0.105. The number of rotatable bonds is 5. The molecule has 0 saturated carbocycles. The van der Waals surface area contributed by atoms with Crippen molar-refractivity contribution in [3.05, 3.63) is 76.5 Å². The van der Waals surface area contributed by atoms with Crippen molar-refractivity contribution < 1.29 is 19.4 Å². The molecule has 1 heterocycles. The average Bonchev–Trinajstić information content (AvgIpc) is 2.98. The van der Waals surface area contributed by atoms with Gasteiger partial charge in [0.2, 0.25) is 0 Å². The highest BCUT2D eigenvalue weighted by Gasteiger charge is 2.30. The fourth-order valence-corrected chi connectivity index (χ4v) is 3.32. The third-order valence-corrected chi connectivity index (χ3v) is 4.77. The average molecular weight is 388 g/mol. The molecule has 0 bridgehead atoms. The molecule has 1 aliphatic heterocycles. The highest BCUT2D eigenvalue weighted by atomic mass is 35.5. The third-order valence-electron chi connectivity index (χ3n) is 3.54. The summed E-state index contributed by atoms with van der Waals surface area (Å²) in [6.07, 6.45) is 0. The summed E-state index contributed by atoms with van der Waals surface area (Å²) in [5.74, 6) is -0.921. The largest absolute Gasteiger partial charge is 0.508 e. The fourth-order valence-electron chi connectivity index (χ4n) is 2.24. The van der Waals surface area contributed by atoms with Crippen molar-refractivity contribution in [1.29, 1.82) is 0 Å². The molecule has 0 fully saturated rings. The van der Waals surface area contributed by atoms with Gasteiger partial charge in [0.05, 0.1) is 11.4 Å². The normalized spacial score (nSPS) is 14.5. The van der Waals surface area contributed by atoms with E-state index in [4.69, 9.17) is 16.3 Å². The van der Waals surface area contributed by atoms with Gasteiger partial charge in [-0.15, -0.1) is 0 Å². The number of para-hydroxylation sites is 1. The van der Waals surface area contributed by atoms with Crippen LogP contribution in [0.2, 0.25) is 5.02 Å². The van der Waals surface area contributed by atoms with E-state index in [2.05, 4.69) is 4.99 Å². The van der Waals surface area contributed by atoms with Crippen LogP contribution < -0.4 is 0 Å². The maximum Gasteiger partial charge on any atom is 0.344 e. The third kappa shape index (κ3) is 4.33. The van der Waals surface area contributed by atoms with Crippen molar-refractivity contribution in [3.63, 3.8) is 0 Å². The molecule has 7 heteroatoms. The number of hydrogen-bond acceptors (Lipinski definition) is 6. The molecule has 0 saturated heterocycles. The summed E-state index contributed by atoms with van der Waals surface area (Å²) < 4.78 is 4.84.